The van der Waals surface area contributed by atoms with Gasteiger partial charge in [0, 0.05) is 17.2 Å². The molecule has 30 heavy (non-hydrogen) atoms. The molecule has 2 N–H and O–H groups in total. The van der Waals surface area contributed by atoms with Gasteiger partial charge in [0.25, 0.3) is 0 Å². The first-order chi connectivity index (χ1) is 14.4. The maximum atomic E-state index is 13.2. The van der Waals surface area contributed by atoms with E-state index in [9.17, 15) is 18.0 Å². The van der Waals surface area contributed by atoms with E-state index >= 15 is 0 Å². The molecule has 1 aliphatic rings. The number of ether oxygens (including phenoxy) is 1. The van der Waals surface area contributed by atoms with Gasteiger partial charge in [-0.05, 0) is 55.8 Å². The summed E-state index contributed by atoms with van der Waals surface area (Å²) in [6.07, 6.45) is 2.16. The molecule has 1 aromatic carbocycles. The Hall–Kier alpha value is -3.49. The maximum Gasteiger partial charge on any atom is 0.387 e. The Morgan fingerprint density at radius 2 is 2.13 bits per heavy atom. The van der Waals surface area contributed by atoms with Gasteiger partial charge in [0.2, 0.25) is 5.91 Å². The first kappa shape index (κ1) is 21.2. The van der Waals surface area contributed by atoms with Gasteiger partial charge in [-0.1, -0.05) is 12.1 Å². The highest BCUT2D eigenvalue weighted by atomic mass is 19.3. The molecule has 2 aromatic rings. The number of nitrogens with zero attached hydrogens (tertiary/aromatic N) is 2. The molecule has 0 saturated heterocycles. The summed E-state index contributed by atoms with van der Waals surface area (Å²) >= 11 is 0. The number of carbonyl (C=O) groups excluding carboxylic acids is 1. The van der Waals surface area contributed by atoms with Crippen molar-refractivity contribution in [1.29, 1.82) is 5.41 Å². The standard InChI is InChI=1S/C21H19F3N4O2/c1-26-20(29)13-5-7-16(17(10-13)28-18-8-6-14(22)11-27-18)19(25)12-3-2-4-15(9-12)30-21(23)24/h2-4,6,8-9,11,13,21,25H,1,5,7,10H2,(H,27,28). The van der Waals surface area contributed by atoms with Crippen molar-refractivity contribution in [2.24, 2.45) is 10.9 Å². The van der Waals surface area contributed by atoms with E-state index in [1.165, 1.54) is 30.3 Å². The van der Waals surface area contributed by atoms with E-state index < -0.39 is 18.3 Å². The molecule has 1 heterocycles. The number of aliphatic imine (C=N–C) groups is 1. The number of aromatic nitrogens is 1. The lowest BCUT2D eigenvalue weighted by molar-refractivity contribution is -0.121. The van der Waals surface area contributed by atoms with E-state index in [4.69, 9.17) is 5.41 Å². The molecule has 9 heteroatoms. The van der Waals surface area contributed by atoms with Gasteiger partial charge in [-0.15, -0.1) is 0 Å². The molecular weight excluding hydrogens is 397 g/mol. The van der Waals surface area contributed by atoms with Crippen molar-refractivity contribution in [3.63, 3.8) is 0 Å². The fourth-order valence-corrected chi connectivity index (χ4v) is 3.29. The summed E-state index contributed by atoms with van der Waals surface area (Å²) in [6, 6.07) is 8.56. The van der Waals surface area contributed by atoms with Crippen LogP contribution in [0, 0.1) is 17.1 Å². The lowest BCUT2D eigenvalue weighted by Crippen LogP contribution is -2.24. The van der Waals surface area contributed by atoms with E-state index in [1.807, 2.05) is 0 Å². The molecule has 0 aliphatic heterocycles. The Bertz CT molecular complexity index is 990. The average Bonchev–Trinajstić information content (AvgIpc) is 2.74. The Morgan fingerprint density at radius 1 is 1.33 bits per heavy atom. The number of amides is 1. The van der Waals surface area contributed by atoms with Gasteiger partial charge in [-0.2, -0.15) is 8.78 Å². The third-order valence-electron chi connectivity index (χ3n) is 4.72. The number of hydrogen-bond acceptors (Lipinski definition) is 5. The second-order valence-electron chi connectivity index (χ2n) is 6.66. The van der Waals surface area contributed by atoms with Crippen LogP contribution in [0.2, 0.25) is 0 Å². The van der Waals surface area contributed by atoms with Gasteiger partial charge in [-0.3, -0.25) is 10.2 Å². The number of allylic oxidation sites excluding steroid dienone is 2. The van der Waals surface area contributed by atoms with Gasteiger partial charge in [-0.25, -0.2) is 14.4 Å². The Balaban J connectivity index is 1.94. The molecule has 3 rings (SSSR count). The molecule has 0 radical (unpaired) electrons. The minimum Gasteiger partial charge on any atom is -0.435 e. The molecule has 1 unspecified atom stereocenters. The van der Waals surface area contributed by atoms with Crippen LogP contribution in [-0.4, -0.2) is 29.9 Å². The quantitative estimate of drug-likeness (QED) is 0.647. The van der Waals surface area contributed by atoms with Crippen LogP contribution >= 0.6 is 0 Å². The van der Waals surface area contributed by atoms with Gasteiger partial charge < -0.3 is 10.1 Å². The zero-order valence-corrected chi connectivity index (χ0v) is 15.9. The van der Waals surface area contributed by atoms with Gasteiger partial charge in [0.15, 0.2) is 0 Å². The van der Waals surface area contributed by atoms with Crippen LogP contribution < -0.4 is 10.1 Å². The van der Waals surface area contributed by atoms with Gasteiger partial charge >= 0.3 is 6.61 Å². The first-order valence-electron chi connectivity index (χ1n) is 9.12. The second kappa shape index (κ2) is 9.34. The zero-order valence-electron chi connectivity index (χ0n) is 15.9. The fraction of sp³-hybridized carbons (Fsp3) is 0.238. The van der Waals surface area contributed by atoms with Crippen molar-refractivity contribution in [3.8, 4) is 5.75 Å². The topological polar surface area (TPSA) is 87.4 Å². The third kappa shape index (κ3) is 5.11. The SMILES string of the molecule is C=NC(=O)C1CCC(C(=N)c2cccc(OC(F)F)c2)=C(Nc2ccc(F)cn2)C1. The predicted octanol–water partition coefficient (Wildman–Crippen LogP) is 4.58. The van der Waals surface area contributed by atoms with Crippen molar-refractivity contribution in [2.45, 2.75) is 25.9 Å². The highest BCUT2D eigenvalue weighted by Crippen LogP contribution is 2.33. The molecule has 0 fully saturated rings. The summed E-state index contributed by atoms with van der Waals surface area (Å²) in [4.78, 5) is 19.5. The fourth-order valence-electron chi connectivity index (χ4n) is 3.29. The number of benzene rings is 1. The number of rotatable bonds is 7. The van der Waals surface area contributed by atoms with Crippen molar-refractivity contribution < 1.29 is 22.7 Å². The zero-order chi connectivity index (χ0) is 21.7. The Kier molecular flexibility index (Phi) is 6.61. The number of carbonyl (C=O) groups is 1. The van der Waals surface area contributed by atoms with Crippen molar-refractivity contribution in [1.82, 2.24) is 4.98 Å². The monoisotopic (exact) mass is 416 g/mol. The molecule has 1 aliphatic carbocycles. The molecule has 6 nitrogen and oxygen atoms in total. The summed E-state index contributed by atoms with van der Waals surface area (Å²) < 4.78 is 42.6. The molecule has 1 amide bonds. The molecular formula is C21H19F3N4O2. The molecule has 0 bridgehead atoms. The molecule has 0 saturated carbocycles. The van der Waals surface area contributed by atoms with Crippen molar-refractivity contribution in [3.05, 3.63) is 65.2 Å². The second-order valence-corrected chi connectivity index (χ2v) is 6.66. The number of alkyl halides is 2. The number of hydrogen-bond donors (Lipinski definition) is 2. The number of nitrogens with one attached hydrogen (secondary N) is 2. The smallest absolute Gasteiger partial charge is 0.387 e. The minimum atomic E-state index is -2.97. The molecule has 1 aromatic heterocycles. The highest BCUT2D eigenvalue weighted by Gasteiger charge is 2.28. The van der Waals surface area contributed by atoms with Crippen LogP contribution in [0.5, 0.6) is 5.75 Å². The maximum absolute atomic E-state index is 13.2. The van der Waals surface area contributed by atoms with Crippen LogP contribution in [0.15, 0.2) is 58.9 Å². The van der Waals surface area contributed by atoms with E-state index in [1.54, 1.807) is 6.07 Å². The van der Waals surface area contributed by atoms with Crippen LogP contribution in [0.3, 0.4) is 0 Å². The minimum absolute atomic E-state index is 0.0534. The number of anilines is 1. The molecule has 156 valence electrons. The van der Waals surface area contributed by atoms with Gasteiger partial charge in [0.1, 0.15) is 17.4 Å². The van der Waals surface area contributed by atoms with Crippen LogP contribution in [-0.2, 0) is 4.79 Å². The summed E-state index contributed by atoms with van der Waals surface area (Å²) in [7, 11) is 0. The third-order valence-corrected chi connectivity index (χ3v) is 4.72. The van der Waals surface area contributed by atoms with Crippen molar-refractivity contribution >= 4 is 24.2 Å². The normalized spacial score (nSPS) is 16.3. The summed E-state index contributed by atoms with van der Waals surface area (Å²) in [6.45, 7) is 0.313. The van der Waals surface area contributed by atoms with Crippen LogP contribution in [0.25, 0.3) is 0 Å². The van der Waals surface area contributed by atoms with Crippen molar-refractivity contribution in [2.75, 3.05) is 5.32 Å². The lowest BCUT2D eigenvalue weighted by atomic mass is 9.83. The number of halogens is 3. The van der Waals surface area contributed by atoms with E-state index in [2.05, 4.69) is 26.7 Å². The number of pyridine rings is 1. The van der Waals surface area contributed by atoms with E-state index in [0.29, 0.717) is 35.5 Å². The highest BCUT2D eigenvalue weighted by molar-refractivity contribution is 6.11. The lowest BCUT2D eigenvalue weighted by Gasteiger charge is -2.26. The molecule has 1 atom stereocenters. The van der Waals surface area contributed by atoms with Crippen LogP contribution in [0.1, 0.15) is 24.8 Å². The predicted molar refractivity (Wildman–Crippen MR) is 107 cm³/mol. The largest absolute Gasteiger partial charge is 0.435 e. The van der Waals surface area contributed by atoms with E-state index in [-0.39, 0.29) is 23.8 Å². The van der Waals surface area contributed by atoms with Crippen LogP contribution in [0.4, 0.5) is 19.0 Å². The molecule has 0 spiro atoms. The Labute approximate surface area is 171 Å². The average molecular weight is 416 g/mol. The van der Waals surface area contributed by atoms with Gasteiger partial charge in [0.05, 0.1) is 11.9 Å². The first-order valence-corrected chi connectivity index (χ1v) is 9.12. The van der Waals surface area contributed by atoms with E-state index in [0.717, 1.165) is 6.20 Å². The summed E-state index contributed by atoms with van der Waals surface area (Å²) in [5.41, 5.74) is 1.66. The Morgan fingerprint density at radius 3 is 2.80 bits per heavy atom. The summed E-state index contributed by atoms with van der Waals surface area (Å²) in [5, 5.41) is 11.7. The summed E-state index contributed by atoms with van der Waals surface area (Å²) in [5.74, 6) is -0.950.